The van der Waals surface area contributed by atoms with E-state index in [0.29, 0.717) is 40.1 Å². The second kappa shape index (κ2) is 12.0. The Balaban J connectivity index is 1.65. The van der Waals surface area contributed by atoms with Crippen LogP contribution in [0.1, 0.15) is 16.7 Å². The summed E-state index contributed by atoms with van der Waals surface area (Å²) >= 11 is 12.0. The largest absolute Gasteiger partial charge is 0.493 e. The van der Waals surface area contributed by atoms with Gasteiger partial charge in [0, 0.05) is 6.54 Å². The van der Waals surface area contributed by atoms with Crippen molar-refractivity contribution in [2.24, 2.45) is 0 Å². The number of nitrogens with one attached hydrogen (secondary N) is 1. The summed E-state index contributed by atoms with van der Waals surface area (Å²) in [5.41, 5.74) is 2.62. The van der Waals surface area contributed by atoms with E-state index in [4.69, 9.17) is 32.7 Å². The topological polar surface area (TPSA) is 71.3 Å². The van der Waals surface area contributed by atoms with Gasteiger partial charge in [0.05, 0.1) is 17.2 Å². The highest BCUT2D eigenvalue weighted by molar-refractivity contribution is 6.42. The number of hydrogen-bond donors (Lipinski definition) is 1. The average molecular weight is 481 g/mol. The van der Waals surface area contributed by atoms with Crippen LogP contribution in [0.2, 0.25) is 10.0 Å². The van der Waals surface area contributed by atoms with Gasteiger partial charge in [0.1, 0.15) is 18.2 Å². The van der Waals surface area contributed by atoms with Gasteiger partial charge in [-0.1, -0.05) is 65.7 Å². The smallest absolute Gasteiger partial charge is 0.261 e. The third-order valence-electron chi connectivity index (χ3n) is 4.78. The standard InChI is InChI=1S/C26H22Cl2N2O3/c1-32-25-15-19(8-10-24(25)33-17-20-7-9-22(27)23(28)14-20)13-21(16-29)26(31)30-12-11-18-5-3-2-4-6-18/h2-10,13-15H,11-12,17H2,1H3,(H,30,31)/b21-13+. The molecule has 0 saturated carbocycles. The molecular weight excluding hydrogens is 459 g/mol. The molecule has 0 radical (unpaired) electrons. The number of benzene rings is 3. The van der Waals surface area contributed by atoms with Crippen molar-refractivity contribution in [1.82, 2.24) is 5.32 Å². The molecule has 0 spiro atoms. The summed E-state index contributed by atoms with van der Waals surface area (Å²) in [4.78, 5) is 12.4. The van der Waals surface area contributed by atoms with Crippen LogP contribution in [0, 0.1) is 11.3 Å². The first-order chi connectivity index (χ1) is 16.0. The van der Waals surface area contributed by atoms with E-state index in [1.807, 2.05) is 42.5 Å². The Bertz CT molecular complexity index is 1190. The minimum absolute atomic E-state index is 0.00888. The van der Waals surface area contributed by atoms with Crippen LogP contribution in [-0.4, -0.2) is 19.6 Å². The van der Waals surface area contributed by atoms with Crippen molar-refractivity contribution in [2.45, 2.75) is 13.0 Å². The molecule has 0 aliphatic rings. The summed E-state index contributed by atoms with van der Waals surface area (Å²) in [6.45, 7) is 0.711. The number of nitriles is 1. The molecule has 0 aliphatic heterocycles. The fraction of sp³-hybridized carbons (Fsp3) is 0.154. The van der Waals surface area contributed by atoms with Gasteiger partial charge >= 0.3 is 0 Å². The molecule has 1 N–H and O–H groups in total. The monoisotopic (exact) mass is 480 g/mol. The van der Waals surface area contributed by atoms with Crippen molar-refractivity contribution in [3.05, 3.63) is 99.0 Å². The maximum Gasteiger partial charge on any atom is 0.261 e. The quantitative estimate of drug-likeness (QED) is 0.308. The molecule has 0 bridgehead atoms. The summed E-state index contributed by atoms with van der Waals surface area (Å²) in [7, 11) is 1.52. The van der Waals surface area contributed by atoms with Gasteiger partial charge in [0.15, 0.2) is 11.5 Å². The molecule has 0 unspecified atom stereocenters. The first kappa shape index (κ1) is 24.2. The van der Waals surface area contributed by atoms with Crippen LogP contribution < -0.4 is 14.8 Å². The summed E-state index contributed by atoms with van der Waals surface area (Å²) in [5.74, 6) is 0.574. The highest BCUT2D eigenvalue weighted by Crippen LogP contribution is 2.30. The molecule has 7 heteroatoms. The number of rotatable bonds is 9. The maximum atomic E-state index is 12.4. The van der Waals surface area contributed by atoms with Gasteiger partial charge in [0.2, 0.25) is 0 Å². The molecule has 5 nitrogen and oxygen atoms in total. The van der Waals surface area contributed by atoms with Crippen LogP contribution in [-0.2, 0) is 17.8 Å². The lowest BCUT2D eigenvalue weighted by Gasteiger charge is -2.12. The van der Waals surface area contributed by atoms with E-state index in [0.717, 1.165) is 11.1 Å². The highest BCUT2D eigenvalue weighted by atomic mass is 35.5. The van der Waals surface area contributed by atoms with Gasteiger partial charge in [-0.15, -0.1) is 0 Å². The van der Waals surface area contributed by atoms with Crippen LogP contribution in [0.4, 0.5) is 0 Å². The van der Waals surface area contributed by atoms with E-state index in [-0.39, 0.29) is 12.2 Å². The van der Waals surface area contributed by atoms with E-state index >= 15 is 0 Å². The predicted molar refractivity (Wildman–Crippen MR) is 131 cm³/mol. The Morgan fingerprint density at radius 2 is 1.79 bits per heavy atom. The molecule has 0 atom stereocenters. The van der Waals surface area contributed by atoms with Gasteiger partial charge in [-0.05, 0) is 53.5 Å². The number of methoxy groups -OCH3 is 1. The molecule has 0 saturated heterocycles. The number of halogens is 2. The molecule has 3 aromatic rings. The lowest BCUT2D eigenvalue weighted by molar-refractivity contribution is -0.117. The van der Waals surface area contributed by atoms with Crippen molar-refractivity contribution >= 4 is 35.2 Å². The first-order valence-electron chi connectivity index (χ1n) is 10.2. The molecule has 0 aromatic heterocycles. The van der Waals surface area contributed by atoms with Crippen LogP contribution in [0.25, 0.3) is 6.08 Å². The van der Waals surface area contributed by atoms with Gasteiger partial charge < -0.3 is 14.8 Å². The Hall–Kier alpha value is -3.46. The van der Waals surface area contributed by atoms with Gasteiger partial charge in [-0.2, -0.15) is 5.26 Å². The lowest BCUT2D eigenvalue weighted by atomic mass is 10.1. The molecule has 168 valence electrons. The number of carbonyl (C=O) groups excluding carboxylic acids is 1. The van der Waals surface area contributed by atoms with Crippen molar-refractivity contribution in [1.29, 1.82) is 5.26 Å². The number of nitrogens with zero attached hydrogens (tertiary/aromatic N) is 1. The zero-order valence-electron chi connectivity index (χ0n) is 18.0. The number of ether oxygens (including phenoxy) is 2. The van der Waals surface area contributed by atoms with Gasteiger partial charge in [-0.25, -0.2) is 0 Å². The molecule has 0 heterocycles. The zero-order chi connectivity index (χ0) is 23.6. The summed E-state index contributed by atoms with van der Waals surface area (Å²) < 4.78 is 11.3. The summed E-state index contributed by atoms with van der Waals surface area (Å²) in [5, 5.41) is 13.2. The highest BCUT2D eigenvalue weighted by Gasteiger charge is 2.11. The maximum absolute atomic E-state index is 12.4. The summed E-state index contributed by atoms with van der Waals surface area (Å²) in [6.07, 6.45) is 2.20. The third-order valence-corrected chi connectivity index (χ3v) is 5.52. The SMILES string of the molecule is COc1cc(/C=C(\C#N)C(=O)NCCc2ccccc2)ccc1OCc1ccc(Cl)c(Cl)c1. The van der Waals surface area contributed by atoms with E-state index in [9.17, 15) is 10.1 Å². The minimum atomic E-state index is -0.424. The van der Waals surface area contributed by atoms with Crippen LogP contribution in [0.5, 0.6) is 11.5 Å². The van der Waals surface area contributed by atoms with E-state index < -0.39 is 5.91 Å². The fourth-order valence-electron chi connectivity index (χ4n) is 3.06. The second-order valence-electron chi connectivity index (χ2n) is 7.11. The Kier molecular flexibility index (Phi) is 8.77. The van der Waals surface area contributed by atoms with Crippen LogP contribution in [0.15, 0.2) is 72.3 Å². The first-order valence-corrected chi connectivity index (χ1v) is 10.9. The number of hydrogen-bond acceptors (Lipinski definition) is 4. The van der Waals surface area contributed by atoms with Gasteiger partial charge in [0.25, 0.3) is 5.91 Å². The van der Waals surface area contributed by atoms with Crippen molar-refractivity contribution in [3.63, 3.8) is 0 Å². The van der Waals surface area contributed by atoms with E-state index in [1.165, 1.54) is 13.2 Å². The van der Waals surface area contributed by atoms with Crippen molar-refractivity contribution in [3.8, 4) is 17.6 Å². The second-order valence-corrected chi connectivity index (χ2v) is 7.92. The lowest BCUT2D eigenvalue weighted by Crippen LogP contribution is -2.26. The predicted octanol–water partition coefficient (Wildman–Crippen LogP) is 5.85. The zero-order valence-corrected chi connectivity index (χ0v) is 19.5. The molecule has 33 heavy (non-hydrogen) atoms. The molecule has 3 aromatic carbocycles. The van der Waals surface area contributed by atoms with E-state index in [2.05, 4.69) is 5.32 Å². The number of amides is 1. The van der Waals surface area contributed by atoms with Gasteiger partial charge in [-0.3, -0.25) is 4.79 Å². The minimum Gasteiger partial charge on any atom is -0.493 e. The molecule has 0 aliphatic carbocycles. The average Bonchev–Trinajstić information content (AvgIpc) is 2.84. The molecule has 1 amide bonds. The fourth-order valence-corrected chi connectivity index (χ4v) is 3.38. The normalized spacial score (nSPS) is 10.9. The van der Waals surface area contributed by atoms with Crippen molar-refractivity contribution in [2.75, 3.05) is 13.7 Å². The Morgan fingerprint density at radius 1 is 1.00 bits per heavy atom. The third kappa shape index (κ3) is 7.01. The van der Waals surface area contributed by atoms with Crippen LogP contribution >= 0.6 is 23.2 Å². The molecule has 3 rings (SSSR count). The Morgan fingerprint density at radius 3 is 2.48 bits per heavy atom. The summed E-state index contributed by atoms with van der Waals surface area (Å²) in [6, 6.07) is 22.2. The number of carbonyl (C=O) groups is 1. The molecular formula is C26H22Cl2N2O3. The van der Waals surface area contributed by atoms with Crippen LogP contribution in [0.3, 0.4) is 0 Å². The van der Waals surface area contributed by atoms with Crippen molar-refractivity contribution < 1.29 is 14.3 Å². The van der Waals surface area contributed by atoms with E-state index in [1.54, 1.807) is 30.3 Å². The molecule has 0 fully saturated rings. The Labute approximate surface area is 203 Å².